The van der Waals surface area contributed by atoms with Crippen molar-refractivity contribution >= 4 is 31.6 Å². The van der Waals surface area contributed by atoms with Crippen molar-refractivity contribution in [3.05, 3.63) is 59.7 Å². The van der Waals surface area contributed by atoms with Crippen LogP contribution in [-0.2, 0) is 37.8 Å². The first-order chi connectivity index (χ1) is 13.2. The largest absolute Gasteiger partial charge is 0.273 e. The summed E-state index contributed by atoms with van der Waals surface area (Å²) in [6, 6.07) is 13.2. The van der Waals surface area contributed by atoms with Gasteiger partial charge in [-0.05, 0) is 41.8 Å². The number of anilines is 1. The van der Waals surface area contributed by atoms with Crippen LogP contribution in [0.15, 0.2) is 53.4 Å². The molecule has 0 aliphatic carbocycles. The van der Waals surface area contributed by atoms with Crippen molar-refractivity contribution in [1.29, 1.82) is 0 Å². The average Bonchev–Trinajstić information content (AvgIpc) is 2.88. The van der Waals surface area contributed by atoms with Crippen LogP contribution >= 0.6 is 0 Å². The molecule has 1 fully saturated rings. The minimum absolute atomic E-state index is 0.0766. The molecule has 7 nitrogen and oxygen atoms in total. The number of amides is 1. The molecule has 0 N–H and O–H groups in total. The van der Waals surface area contributed by atoms with E-state index in [0.717, 1.165) is 15.4 Å². The third-order valence-electron chi connectivity index (χ3n) is 5.17. The van der Waals surface area contributed by atoms with Crippen LogP contribution in [0.2, 0.25) is 0 Å². The second-order valence-electron chi connectivity index (χ2n) is 7.13. The minimum atomic E-state index is -3.72. The normalized spacial score (nSPS) is 22.2. The van der Waals surface area contributed by atoms with E-state index in [9.17, 15) is 21.6 Å². The molecule has 148 valence electrons. The van der Waals surface area contributed by atoms with E-state index in [1.54, 1.807) is 6.92 Å². The zero-order valence-electron chi connectivity index (χ0n) is 15.3. The second-order valence-corrected chi connectivity index (χ2v) is 10.9. The predicted octanol–water partition coefficient (Wildman–Crippen LogP) is 1.75. The van der Waals surface area contributed by atoms with Gasteiger partial charge in [-0.3, -0.25) is 4.79 Å². The van der Waals surface area contributed by atoms with Gasteiger partial charge >= 0.3 is 0 Å². The van der Waals surface area contributed by atoms with Crippen molar-refractivity contribution in [2.75, 3.05) is 16.6 Å². The molecule has 2 aromatic carbocycles. The SMILES string of the molecule is CC1CS(=O)(=O)N(c2ccc(S(=O)(=O)N3CCc4ccccc4C3)cc2)C1=O. The topological polar surface area (TPSA) is 91.8 Å². The Morgan fingerprint density at radius 3 is 2.25 bits per heavy atom. The molecule has 1 amide bonds. The Labute approximate surface area is 164 Å². The number of hydrogen-bond donors (Lipinski definition) is 0. The molecule has 1 atom stereocenters. The van der Waals surface area contributed by atoms with Gasteiger partial charge in [-0.2, -0.15) is 4.31 Å². The van der Waals surface area contributed by atoms with Gasteiger partial charge in [0, 0.05) is 13.1 Å². The van der Waals surface area contributed by atoms with Gasteiger partial charge in [0.2, 0.25) is 26.0 Å². The maximum atomic E-state index is 13.0. The first-order valence-electron chi connectivity index (χ1n) is 8.94. The summed E-state index contributed by atoms with van der Waals surface area (Å²) in [6.45, 7) is 2.25. The van der Waals surface area contributed by atoms with Crippen molar-refractivity contribution in [2.24, 2.45) is 5.92 Å². The molecule has 0 saturated carbocycles. The van der Waals surface area contributed by atoms with Crippen LogP contribution in [0.5, 0.6) is 0 Å². The molecule has 28 heavy (non-hydrogen) atoms. The van der Waals surface area contributed by atoms with Crippen LogP contribution in [0.1, 0.15) is 18.1 Å². The first kappa shape index (κ1) is 19.1. The van der Waals surface area contributed by atoms with Crippen molar-refractivity contribution in [2.45, 2.75) is 24.8 Å². The molecule has 1 saturated heterocycles. The Morgan fingerprint density at radius 2 is 1.64 bits per heavy atom. The summed E-state index contributed by atoms with van der Waals surface area (Å²) in [5.41, 5.74) is 2.30. The summed E-state index contributed by atoms with van der Waals surface area (Å²) in [5.74, 6) is -1.34. The van der Waals surface area contributed by atoms with E-state index in [2.05, 4.69) is 0 Å². The molecule has 0 bridgehead atoms. The number of fused-ring (bicyclic) bond motifs is 1. The fourth-order valence-corrected chi connectivity index (χ4v) is 6.90. The zero-order valence-corrected chi connectivity index (χ0v) is 16.9. The van der Waals surface area contributed by atoms with Crippen LogP contribution in [0.3, 0.4) is 0 Å². The molecule has 0 radical (unpaired) electrons. The molecule has 1 unspecified atom stereocenters. The lowest BCUT2D eigenvalue weighted by Crippen LogP contribution is -2.36. The molecule has 0 aromatic heterocycles. The van der Waals surface area contributed by atoms with Crippen LogP contribution in [0.4, 0.5) is 5.69 Å². The highest BCUT2D eigenvalue weighted by atomic mass is 32.2. The Bertz CT molecular complexity index is 1140. The Balaban J connectivity index is 1.61. The molecule has 2 aromatic rings. The van der Waals surface area contributed by atoms with Crippen molar-refractivity contribution in [3.63, 3.8) is 0 Å². The average molecular weight is 421 g/mol. The van der Waals surface area contributed by atoms with Gasteiger partial charge in [0.1, 0.15) is 0 Å². The van der Waals surface area contributed by atoms with Gasteiger partial charge in [0.15, 0.2) is 0 Å². The van der Waals surface area contributed by atoms with E-state index in [1.807, 2.05) is 24.3 Å². The summed E-state index contributed by atoms with van der Waals surface area (Å²) in [4.78, 5) is 12.3. The molecule has 2 aliphatic rings. The van der Waals surface area contributed by atoms with Crippen LogP contribution in [-0.4, -0.2) is 39.3 Å². The Morgan fingerprint density at radius 1 is 1.00 bits per heavy atom. The number of carbonyl (C=O) groups is 1. The van der Waals surface area contributed by atoms with Crippen LogP contribution in [0, 0.1) is 5.92 Å². The van der Waals surface area contributed by atoms with Gasteiger partial charge in [-0.15, -0.1) is 0 Å². The summed E-state index contributed by atoms with van der Waals surface area (Å²) in [5, 5.41) is 0. The molecule has 2 aliphatic heterocycles. The fraction of sp³-hybridized carbons (Fsp3) is 0.316. The second kappa shape index (κ2) is 6.68. The smallest absolute Gasteiger partial charge is 0.244 e. The summed E-state index contributed by atoms with van der Waals surface area (Å²) in [6.07, 6.45) is 0.645. The fourth-order valence-electron chi connectivity index (χ4n) is 3.66. The Hall–Kier alpha value is -2.23. The van der Waals surface area contributed by atoms with Gasteiger partial charge in [0.05, 0.1) is 22.3 Å². The third-order valence-corrected chi connectivity index (χ3v) is 8.89. The summed E-state index contributed by atoms with van der Waals surface area (Å²) < 4.78 is 52.6. The first-order valence-corrected chi connectivity index (χ1v) is 12.0. The van der Waals surface area contributed by atoms with Crippen LogP contribution < -0.4 is 4.31 Å². The van der Waals surface area contributed by atoms with Crippen molar-refractivity contribution < 1.29 is 21.6 Å². The number of rotatable bonds is 3. The molecular formula is C19H20N2O5S2. The van der Waals surface area contributed by atoms with Gasteiger partial charge in [0.25, 0.3) is 0 Å². The highest BCUT2D eigenvalue weighted by Gasteiger charge is 2.42. The van der Waals surface area contributed by atoms with E-state index in [4.69, 9.17) is 0 Å². The van der Waals surface area contributed by atoms with E-state index < -0.39 is 31.9 Å². The minimum Gasteiger partial charge on any atom is -0.273 e. The predicted molar refractivity (Wildman–Crippen MR) is 105 cm³/mol. The molecule has 9 heteroatoms. The molecule has 4 rings (SSSR count). The standard InChI is InChI=1S/C19H20N2O5S2/c1-14-13-27(23,24)21(19(14)22)17-6-8-18(9-7-17)28(25,26)20-11-10-15-4-2-3-5-16(15)12-20/h2-9,14H,10-13H2,1H3. The molecular weight excluding hydrogens is 400 g/mol. The van der Waals surface area contributed by atoms with E-state index in [1.165, 1.54) is 28.6 Å². The van der Waals surface area contributed by atoms with Crippen molar-refractivity contribution in [3.8, 4) is 0 Å². The van der Waals surface area contributed by atoms with Gasteiger partial charge in [-0.25, -0.2) is 21.1 Å². The molecule has 0 spiro atoms. The quantitative estimate of drug-likeness (QED) is 0.754. The summed E-state index contributed by atoms with van der Waals surface area (Å²) in [7, 11) is -7.43. The van der Waals surface area contributed by atoms with Crippen LogP contribution in [0.25, 0.3) is 0 Å². The van der Waals surface area contributed by atoms with E-state index >= 15 is 0 Å². The van der Waals surface area contributed by atoms with Gasteiger partial charge in [-0.1, -0.05) is 31.2 Å². The monoisotopic (exact) mass is 420 g/mol. The number of sulfonamides is 2. The molecule has 2 heterocycles. The number of hydrogen-bond acceptors (Lipinski definition) is 5. The number of benzene rings is 2. The lowest BCUT2D eigenvalue weighted by Gasteiger charge is -2.28. The maximum absolute atomic E-state index is 13.0. The highest BCUT2D eigenvalue weighted by Crippen LogP contribution is 2.30. The lowest BCUT2D eigenvalue weighted by molar-refractivity contribution is -0.119. The third kappa shape index (κ3) is 3.13. The Kier molecular flexibility index (Phi) is 4.56. The van der Waals surface area contributed by atoms with Crippen molar-refractivity contribution in [1.82, 2.24) is 4.31 Å². The highest BCUT2D eigenvalue weighted by molar-refractivity contribution is 7.94. The lowest BCUT2D eigenvalue weighted by atomic mass is 10.0. The number of carbonyl (C=O) groups excluding carboxylic acids is 1. The zero-order chi connectivity index (χ0) is 20.1. The van der Waals surface area contributed by atoms with E-state index in [-0.39, 0.29) is 16.3 Å². The van der Waals surface area contributed by atoms with Gasteiger partial charge < -0.3 is 0 Å². The van der Waals surface area contributed by atoms with E-state index in [0.29, 0.717) is 19.5 Å². The summed E-state index contributed by atoms with van der Waals surface area (Å²) >= 11 is 0. The number of nitrogens with zero attached hydrogens (tertiary/aromatic N) is 2. The maximum Gasteiger partial charge on any atom is 0.244 e.